The maximum Gasteiger partial charge on any atom is 0.232 e. The van der Waals surface area contributed by atoms with Crippen LogP contribution >= 0.6 is 0 Å². The van der Waals surface area contributed by atoms with Crippen LogP contribution in [0.25, 0.3) is 0 Å². The Labute approximate surface area is 218 Å². The van der Waals surface area contributed by atoms with Crippen LogP contribution in [0, 0.1) is 0 Å². The van der Waals surface area contributed by atoms with Crippen LogP contribution in [-0.2, 0) is 11.2 Å². The monoisotopic (exact) mass is 506 g/mol. The average Bonchev–Trinajstić information content (AvgIpc) is 2.89. The smallest absolute Gasteiger partial charge is 0.232 e. The van der Waals surface area contributed by atoms with E-state index in [2.05, 4.69) is 5.32 Å². The quantitative estimate of drug-likeness (QED) is 0.444. The number of hydrogen-bond donors (Lipinski definition) is 4. The fourth-order valence-electron chi connectivity index (χ4n) is 6.07. The molecule has 0 radical (unpaired) electrons. The number of aliphatic imine (C=N–C) groups is 1. The highest BCUT2D eigenvalue weighted by atomic mass is 16.5. The molecule has 8 nitrogen and oxygen atoms in total. The molecule has 0 saturated heterocycles. The third kappa shape index (κ3) is 4.62. The van der Waals surface area contributed by atoms with Gasteiger partial charge < -0.3 is 20.7 Å². The summed E-state index contributed by atoms with van der Waals surface area (Å²) >= 11 is 0. The number of carbonyl (C=O) groups excluding carboxylic acids is 1. The number of amides is 1. The van der Waals surface area contributed by atoms with Crippen molar-refractivity contribution in [2.24, 2.45) is 10.7 Å². The van der Waals surface area contributed by atoms with Crippen molar-refractivity contribution < 1.29 is 19.7 Å². The Kier molecular flexibility index (Phi) is 6.77. The summed E-state index contributed by atoms with van der Waals surface area (Å²) in [6.07, 6.45) is 3.50. The summed E-state index contributed by atoms with van der Waals surface area (Å²) in [5.41, 5.74) is 8.42. The van der Waals surface area contributed by atoms with Crippen LogP contribution < -0.4 is 15.8 Å². The van der Waals surface area contributed by atoms with E-state index in [9.17, 15) is 15.0 Å². The molecule has 4 atom stereocenters. The number of para-hydroxylation sites is 1. The Balaban J connectivity index is 1.45. The van der Waals surface area contributed by atoms with Crippen LogP contribution in [0.5, 0.6) is 5.75 Å². The number of ether oxygens (including phenoxy) is 1. The number of benzene rings is 2. The molecule has 2 aromatic rings. The highest BCUT2D eigenvalue weighted by Gasteiger charge is 2.42. The Morgan fingerprint density at radius 2 is 1.97 bits per heavy atom. The summed E-state index contributed by atoms with van der Waals surface area (Å²) in [5.74, 6) is 0.988. The van der Waals surface area contributed by atoms with E-state index in [0.717, 1.165) is 48.8 Å². The number of rotatable bonds is 6. The van der Waals surface area contributed by atoms with Gasteiger partial charge in [-0.1, -0.05) is 44.2 Å². The molecule has 5 N–H and O–H groups in total. The van der Waals surface area contributed by atoms with E-state index in [1.807, 2.05) is 56.3 Å². The summed E-state index contributed by atoms with van der Waals surface area (Å²) in [6, 6.07) is 12.7. The number of nitrogens with one attached hydrogen (secondary N) is 1. The van der Waals surface area contributed by atoms with E-state index in [4.69, 9.17) is 15.5 Å². The number of guanidine groups is 1. The summed E-state index contributed by atoms with van der Waals surface area (Å²) in [7, 11) is 0. The lowest BCUT2D eigenvalue weighted by molar-refractivity contribution is -0.131. The molecule has 3 aliphatic rings. The van der Waals surface area contributed by atoms with Crippen molar-refractivity contribution >= 4 is 11.9 Å². The van der Waals surface area contributed by atoms with Gasteiger partial charge in [-0.25, -0.2) is 4.99 Å². The molecule has 0 fully saturated rings. The van der Waals surface area contributed by atoms with E-state index >= 15 is 0 Å². The van der Waals surface area contributed by atoms with Gasteiger partial charge in [-0.3, -0.25) is 15.0 Å². The number of hydrogen-bond acceptors (Lipinski definition) is 7. The minimum atomic E-state index is -1.21. The second-order valence-corrected chi connectivity index (χ2v) is 10.9. The van der Waals surface area contributed by atoms with Gasteiger partial charge >= 0.3 is 0 Å². The van der Waals surface area contributed by atoms with E-state index in [0.29, 0.717) is 17.7 Å². The third-order valence-corrected chi connectivity index (χ3v) is 8.44. The van der Waals surface area contributed by atoms with Gasteiger partial charge in [0, 0.05) is 5.56 Å². The zero-order chi connectivity index (χ0) is 26.4. The number of fused-ring (bicyclic) bond motifs is 2. The highest BCUT2D eigenvalue weighted by Crippen LogP contribution is 2.41. The minimum absolute atomic E-state index is 0.00739. The molecule has 5 rings (SSSR count). The van der Waals surface area contributed by atoms with Crippen molar-refractivity contribution in [3.8, 4) is 5.75 Å². The lowest BCUT2D eigenvalue weighted by atomic mass is 9.83. The topological polar surface area (TPSA) is 120 Å². The number of nitrogens with zero attached hydrogens (tertiary/aromatic N) is 2. The van der Waals surface area contributed by atoms with Gasteiger partial charge in [0.1, 0.15) is 24.2 Å². The second kappa shape index (κ2) is 9.74. The average molecular weight is 507 g/mol. The molecule has 2 heterocycles. The first kappa shape index (κ1) is 25.7. The van der Waals surface area contributed by atoms with Crippen molar-refractivity contribution in [3.63, 3.8) is 0 Å². The van der Waals surface area contributed by atoms with Crippen molar-refractivity contribution in [3.05, 3.63) is 64.7 Å². The highest BCUT2D eigenvalue weighted by molar-refractivity contribution is 5.99. The molecule has 8 heteroatoms. The van der Waals surface area contributed by atoms with Gasteiger partial charge in [0.25, 0.3) is 0 Å². The SMILES string of the molecule is CCC1(CC)CC(=O)N([C@@H]2CCCc3ccc(C(O)N[C@@H]4c5ccccc5OC[C@@]4(C)O)cc32)C(N)=N1. The Bertz CT molecular complexity index is 1210. The summed E-state index contributed by atoms with van der Waals surface area (Å²) in [5, 5.41) is 25.5. The molecule has 0 saturated carbocycles. The summed E-state index contributed by atoms with van der Waals surface area (Å²) < 4.78 is 5.73. The molecule has 1 unspecified atom stereocenters. The molecule has 0 bridgehead atoms. The van der Waals surface area contributed by atoms with Crippen molar-refractivity contribution in [2.75, 3.05) is 6.61 Å². The maximum atomic E-state index is 13.4. The molecular formula is C29H38N4O4. The van der Waals surface area contributed by atoms with Crippen LogP contribution in [0.15, 0.2) is 47.5 Å². The minimum Gasteiger partial charge on any atom is -0.490 e. The fourth-order valence-corrected chi connectivity index (χ4v) is 6.07. The van der Waals surface area contributed by atoms with Crippen LogP contribution in [0.3, 0.4) is 0 Å². The van der Waals surface area contributed by atoms with Crippen LogP contribution in [0.2, 0.25) is 0 Å². The van der Waals surface area contributed by atoms with Gasteiger partial charge in [-0.05, 0) is 67.9 Å². The first-order valence-corrected chi connectivity index (χ1v) is 13.4. The van der Waals surface area contributed by atoms with Crippen LogP contribution in [0.1, 0.15) is 93.4 Å². The lowest BCUT2D eigenvalue weighted by Crippen LogP contribution is -2.53. The Morgan fingerprint density at radius 1 is 1.22 bits per heavy atom. The number of aliphatic hydroxyl groups excluding tert-OH is 1. The number of carbonyl (C=O) groups is 1. The van der Waals surface area contributed by atoms with Crippen molar-refractivity contribution in [2.45, 2.75) is 88.7 Å². The molecule has 1 aliphatic carbocycles. The molecule has 1 amide bonds. The lowest BCUT2D eigenvalue weighted by Gasteiger charge is -2.42. The molecule has 2 aromatic carbocycles. The van der Waals surface area contributed by atoms with Crippen LogP contribution in [-0.4, -0.2) is 44.7 Å². The fraction of sp³-hybridized carbons (Fsp3) is 0.517. The standard InChI is InChI=1S/C29H38N4O4/c1-4-29(5-2)16-24(34)33(27(30)32-29)22-11-8-9-18-13-14-19(15-21(18)22)26(35)31-25-20-10-6-7-12-23(20)37-17-28(25,3)36/h6-7,10,12-15,22,25-26,31,35-36H,4-5,8-9,11,16-17H2,1-3H3,(H2,30,32)/t22-,25-,26?,28-/m1/s1. The van der Waals surface area contributed by atoms with E-state index in [1.165, 1.54) is 0 Å². The molecule has 198 valence electrons. The van der Waals surface area contributed by atoms with Crippen LogP contribution in [0.4, 0.5) is 0 Å². The molecule has 0 spiro atoms. The zero-order valence-electron chi connectivity index (χ0n) is 21.9. The predicted octanol–water partition coefficient (Wildman–Crippen LogP) is 3.64. The van der Waals surface area contributed by atoms with Gasteiger partial charge in [0.05, 0.1) is 24.0 Å². The van der Waals surface area contributed by atoms with Crippen molar-refractivity contribution in [1.29, 1.82) is 0 Å². The Hall–Kier alpha value is -2.94. The molecule has 0 aromatic heterocycles. The van der Waals surface area contributed by atoms with E-state index in [-0.39, 0.29) is 24.5 Å². The first-order valence-electron chi connectivity index (χ1n) is 13.4. The summed E-state index contributed by atoms with van der Waals surface area (Å²) in [6.45, 7) is 5.92. The molecule has 37 heavy (non-hydrogen) atoms. The van der Waals surface area contributed by atoms with Gasteiger partial charge in [-0.15, -0.1) is 0 Å². The number of aliphatic hydroxyl groups is 2. The number of nitrogens with two attached hydrogens (primary N) is 1. The second-order valence-electron chi connectivity index (χ2n) is 10.9. The molecule has 2 aliphatic heterocycles. The first-order chi connectivity index (χ1) is 17.7. The molecular weight excluding hydrogens is 468 g/mol. The largest absolute Gasteiger partial charge is 0.490 e. The zero-order valence-corrected chi connectivity index (χ0v) is 21.9. The normalized spacial score (nSPS) is 27.5. The van der Waals surface area contributed by atoms with Gasteiger partial charge in [-0.2, -0.15) is 0 Å². The predicted molar refractivity (Wildman–Crippen MR) is 142 cm³/mol. The Morgan fingerprint density at radius 3 is 2.70 bits per heavy atom. The number of aryl methyl sites for hydroxylation is 1. The van der Waals surface area contributed by atoms with E-state index < -0.39 is 23.4 Å². The van der Waals surface area contributed by atoms with Crippen molar-refractivity contribution in [1.82, 2.24) is 10.2 Å². The maximum absolute atomic E-state index is 13.4. The third-order valence-electron chi connectivity index (χ3n) is 8.44. The summed E-state index contributed by atoms with van der Waals surface area (Å²) in [4.78, 5) is 19.9. The van der Waals surface area contributed by atoms with Gasteiger partial charge in [0.2, 0.25) is 5.91 Å². The van der Waals surface area contributed by atoms with E-state index in [1.54, 1.807) is 11.8 Å². The van der Waals surface area contributed by atoms with Gasteiger partial charge in [0.15, 0.2) is 5.96 Å².